The van der Waals surface area contributed by atoms with Crippen molar-refractivity contribution in [2.45, 2.75) is 63.8 Å². The molecule has 2 aromatic rings. The lowest BCUT2D eigenvalue weighted by molar-refractivity contribution is -0.130. The van der Waals surface area contributed by atoms with Crippen LogP contribution < -0.4 is 0 Å². The molecule has 0 unspecified atom stereocenters. The number of rotatable bonds is 8. The van der Waals surface area contributed by atoms with Gasteiger partial charge in [0.15, 0.2) is 0 Å². The average molecular weight is 558 g/mol. The molecule has 5 fully saturated rings. The third-order valence-corrected chi connectivity index (χ3v) is 11.4. The van der Waals surface area contributed by atoms with Crippen LogP contribution in [0.3, 0.4) is 0 Å². The van der Waals surface area contributed by atoms with Gasteiger partial charge in [-0.3, -0.25) is 9.69 Å². The van der Waals surface area contributed by atoms with Crippen LogP contribution in [0.2, 0.25) is 5.02 Å². The zero-order valence-electron chi connectivity index (χ0n) is 20.3. The fraction of sp³-hybridized carbons (Fsp3) is 0.517. The van der Waals surface area contributed by atoms with Gasteiger partial charge in [-0.15, -0.1) is 11.3 Å². The molecule has 5 aliphatic rings. The van der Waals surface area contributed by atoms with E-state index in [-0.39, 0.29) is 12.5 Å². The van der Waals surface area contributed by atoms with Crippen LogP contribution in [0.15, 0.2) is 35.2 Å². The highest BCUT2D eigenvalue weighted by Gasteiger charge is 2.53. The number of carbonyl (C=O) groups excluding carboxylic acids is 1. The van der Waals surface area contributed by atoms with Crippen LogP contribution in [0.5, 0.6) is 0 Å². The summed E-state index contributed by atoms with van der Waals surface area (Å²) < 4.78 is 0.752. The molecule has 0 atom stereocenters. The smallest absolute Gasteiger partial charge is 0.266 e. The van der Waals surface area contributed by atoms with Crippen molar-refractivity contribution in [3.8, 4) is 10.4 Å². The number of thiocarbonyl (C=S) groups is 1. The number of thioether (sulfide) groups is 1. The molecule has 4 saturated carbocycles. The summed E-state index contributed by atoms with van der Waals surface area (Å²) in [6.07, 6.45) is 12.4. The average Bonchev–Trinajstić information content (AvgIpc) is 3.37. The van der Waals surface area contributed by atoms with Gasteiger partial charge in [0.05, 0.1) is 4.91 Å². The molecule has 4 bridgehead atoms. The van der Waals surface area contributed by atoms with Gasteiger partial charge in [0.25, 0.3) is 5.91 Å². The maximum Gasteiger partial charge on any atom is 0.266 e. The van der Waals surface area contributed by atoms with Crippen LogP contribution in [-0.2, 0) is 11.2 Å². The first-order valence-electron chi connectivity index (χ1n) is 13.3. The highest BCUT2D eigenvalue weighted by molar-refractivity contribution is 8.26. The highest BCUT2D eigenvalue weighted by Crippen LogP contribution is 2.56. The van der Waals surface area contributed by atoms with Gasteiger partial charge in [0.2, 0.25) is 0 Å². The Kier molecular flexibility index (Phi) is 7.35. The number of aliphatic hydroxyl groups excluding tert-OH is 1. The third-order valence-electron chi connectivity index (χ3n) is 8.61. The van der Waals surface area contributed by atoms with Gasteiger partial charge >= 0.3 is 0 Å². The maximum atomic E-state index is 13.7. The van der Waals surface area contributed by atoms with E-state index in [1.54, 1.807) is 11.3 Å². The number of nitrogens with zero attached hydrogens (tertiary/aromatic N) is 1. The standard InChI is InChI=1S/C29H32ClNO2S3/c30-23-7-5-19(6-8-23)27-20(4-2-1-3-9-32)15-24(35-27)16-25-28(33)31(29(34)36-25)26-21-11-17-10-18(13-21)14-22(26)12-17/h5-8,15-18,21-22,26,32H,1-4,9-14H2/b25-16-. The Labute approximate surface area is 232 Å². The topological polar surface area (TPSA) is 40.5 Å². The van der Waals surface area contributed by atoms with Crippen LogP contribution in [0.4, 0.5) is 0 Å². The molecule has 7 heteroatoms. The van der Waals surface area contributed by atoms with Crippen LogP contribution in [0.1, 0.15) is 61.8 Å². The molecule has 190 valence electrons. The molecule has 7 rings (SSSR count). The van der Waals surface area contributed by atoms with Gasteiger partial charge in [-0.1, -0.05) is 54.1 Å². The molecule has 2 heterocycles. The minimum Gasteiger partial charge on any atom is -0.396 e. The predicted molar refractivity (Wildman–Crippen MR) is 155 cm³/mol. The molecule has 1 N–H and O–H groups in total. The molecule has 36 heavy (non-hydrogen) atoms. The number of aryl methyl sites for hydroxylation is 1. The molecule has 1 saturated heterocycles. The number of carbonyl (C=O) groups is 1. The Morgan fingerprint density at radius 1 is 1.03 bits per heavy atom. The van der Waals surface area contributed by atoms with E-state index in [4.69, 9.17) is 28.9 Å². The molecule has 0 spiro atoms. The molecule has 1 aliphatic heterocycles. The quantitative estimate of drug-likeness (QED) is 0.204. The van der Waals surface area contributed by atoms with E-state index in [2.05, 4.69) is 24.3 Å². The first-order chi connectivity index (χ1) is 17.5. The van der Waals surface area contributed by atoms with Crippen molar-refractivity contribution in [1.82, 2.24) is 4.90 Å². The second-order valence-electron chi connectivity index (χ2n) is 11.0. The summed E-state index contributed by atoms with van der Waals surface area (Å²) in [6.45, 7) is 0.241. The van der Waals surface area contributed by atoms with E-state index in [0.29, 0.717) is 17.9 Å². The summed E-state index contributed by atoms with van der Waals surface area (Å²) in [7, 11) is 0. The van der Waals surface area contributed by atoms with Crippen molar-refractivity contribution in [1.29, 1.82) is 0 Å². The Hall–Kier alpha value is -1.18. The SMILES string of the molecule is O=C1/C(=C/c2cc(CCCCCO)c(-c3ccc(Cl)cc3)s2)SC(=S)N1C1C2CC3CC(C2)CC1C3. The summed E-state index contributed by atoms with van der Waals surface area (Å²) in [6, 6.07) is 10.6. The minimum absolute atomic E-state index is 0.119. The van der Waals surface area contributed by atoms with Gasteiger partial charge in [-0.25, -0.2) is 0 Å². The van der Waals surface area contributed by atoms with Crippen molar-refractivity contribution in [3.63, 3.8) is 0 Å². The number of unbranched alkanes of at least 4 members (excludes halogenated alkanes) is 2. The lowest BCUT2D eigenvalue weighted by atomic mass is 9.54. The summed E-state index contributed by atoms with van der Waals surface area (Å²) >= 11 is 15.2. The molecular formula is C29H32ClNO2S3. The van der Waals surface area contributed by atoms with Gasteiger partial charge < -0.3 is 5.11 Å². The van der Waals surface area contributed by atoms with Gasteiger partial charge in [-0.2, -0.15) is 0 Å². The maximum absolute atomic E-state index is 13.7. The van der Waals surface area contributed by atoms with Crippen molar-refractivity contribution in [2.24, 2.45) is 23.7 Å². The number of aliphatic hydroxyl groups is 1. The number of thiophene rings is 1. The number of amides is 1. The summed E-state index contributed by atoms with van der Waals surface area (Å²) in [4.78, 5) is 18.8. The second-order valence-corrected chi connectivity index (χ2v) is 14.2. The monoisotopic (exact) mass is 557 g/mol. The minimum atomic E-state index is 0.119. The van der Waals surface area contributed by atoms with E-state index in [1.165, 1.54) is 54.3 Å². The number of benzene rings is 1. The highest BCUT2D eigenvalue weighted by atomic mass is 35.5. The van der Waals surface area contributed by atoms with E-state index >= 15 is 0 Å². The van der Waals surface area contributed by atoms with E-state index in [1.807, 2.05) is 17.0 Å². The summed E-state index contributed by atoms with van der Waals surface area (Å²) in [5.41, 5.74) is 2.45. The third kappa shape index (κ3) is 4.84. The van der Waals surface area contributed by atoms with Crippen LogP contribution in [0, 0.1) is 23.7 Å². The first-order valence-corrected chi connectivity index (χ1v) is 15.7. The normalized spacial score (nSPS) is 30.2. The van der Waals surface area contributed by atoms with Crippen molar-refractivity contribution in [3.05, 3.63) is 50.7 Å². The molecule has 1 aromatic heterocycles. The van der Waals surface area contributed by atoms with Gasteiger partial charge in [-0.05, 0) is 110 Å². The molecule has 1 amide bonds. The van der Waals surface area contributed by atoms with Crippen molar-refractivity contribution < 1.29 is 9.90 Å². The first kappa shape index (κ1) is 25.1. The fourth-order valence-electron chi connectivity index (χ4n) is 7.34. The van der Waals surface area contributed by atoms with Gasteiger partial charge in [0.1, 0.15) is 4.32 Å². The zero-order valence-corrected chi connectivity index (χ0v) is 23.5. The Balaban J connectivity index is 1.26. The molecule has 3 nitrogen and oxygen atoms in total. The number of halogens is 1. The largest absolute Gasteiger partial charge is 0.396 e. The predicted octanol–water partition coefficient (Wildman–Crippen LogP) is 7.80. The fourth-order valence-corrected chi connectivity index (χ4v) is 10.0. The Bertz CT molecular complexity index is 1160. The number of hydrogen-bond acceptors (Lipinski definition) is 5. The molecular weight excluding hydrogens is 526 g/mol. The number of hydrogen-bond donors (Lipinski definition) is 1. The lowest BCUT2D eigenvalue weighted by Crippen LogP contribution is -2.57. The molecule has 0 radical (unpaired) electrons. The van der Waals surface area contributed by atoms with Crippen LogP contribution in [-0.4, -0.2) is 32.9 Å². The lowest BCUT2D eigenvalue weighted by Gasteiger charge is -2.56. The Morgan fingerprint density at radius 2 is 1.72 bits per heavy atom. The molecule has 1 aromatic carbocycles. The van der Waals surface area contributed by atoms with Crippen LogP contribution in [0.25, 0.3) is 16.5 Å². The van der Waals surface area contributed by atoms with Crippen LogP contribution >= 0.6 is 46.9 Å². The van der Waals surface area contributed by atoms with E-state index < -0.39 is 0 Å². The molecule has 4 aliphatic carbocycles. The van der Waals surface area contributed by atoms with Gasteiger partial charge in [0, 0.05) is 27.4 Å². The zero-order chi connectivity index (χ0) is 24.8. The second kappa shape index (κ2) is 10.5. The Morgan fingerprint density at radius 3 is 2.39 bits per heavy atom. The van der Waals surface area contributed by atoms with E-state index in [0.717, 1.165) is 62.2 Å². The van der Waals surface area contributed by atoms with E-state index in [9.17, 15) is 4.79 Å². The van der Waals surface area contributed by atoms with Crippen molar-refractivity contribution in [2.75, 3.05) is 6.61 Å². The summed E-state index contributed by atoms with van der Waals surface area (Å²) in [5.74, 6) is 3.14. The summed E-state index contributed by atoms with van der Waals surface area (Å²) in [5, 5.41) is 9.88. The van der Waals surface area contributed by atoms with Crippen molar-refractivity contribution >= 4 is 63.2 Å².